The summed E-state index contributed by atoms with van der Waals surface area (Å²) in [5.41, 5.74) is 6.59. The summed E-state index contributed by atoms with van der Waals surface area (Å²) in [6.07, 6.45) is 1.63. The fourth-order valence-electron chi connectivity index (χ4n) is 4.37. The molecule has 1 N–H and O–H groups in total. The van der Waals surface area contributed by atoms with Gasteiger partial charge in [-0.25, -0.2) is 0 Å². The first-order valence-electron chi connectivity index (χ1n) is 10.5. The SMILES string of the molecule is Cc1cccc(N2CCN(CCC(=O)c3cccc4c3CCC(=O)N4)CC2)c1C. The number of carbonyl (C=O) groups is 2. The third-order valence-corrected chi connectivity index (χ3v) is 6.30. The molecule has 0 saturated carbocycles. The molecule has 2 aromatic carbocycles. The van der Waals surface area contributed by atoms with Crippen LogP contribution < -0.4 is 10.2 Å². The molecule has 5 nitrogen and oxygen atoms in total. The van der Waals surface area contributed by atoms with Gasteiger partial charge in [-0.2, -0.15) is 0 Å². The predicted octanol–water partition coefficient (Wildman–Crippen LogP) is 3.58. The number of nitrogens with zero attached hydrogens (tertiary/aromatic N) is 2. The lowest BCUT2D eigenvalue weighted by Gasteiger charge is -2.37. The monoisotopic (exact) mass is 391 g/mol. The zero-order chi connectivity index (χ0) is 20.4. The van der Waals surface area contributed by atoms with Gasteiger partial charge in [-0.15, -0.1) is 0 Å². The van der Waals surface area contributed by atoms with Crippen molar-refractivity contribution in [3.63, 3.8) is 0 Å². The van der Waals surface area contributed by atoms with Crippen LogP contribution in [0.4, 0.5) is 11.4 Å². The third-order valence-electron chi connectivity index (χ3n) is 6.30. The molecule has 2 aliphatic heterocycles. The first kappa shape index (κ1) is 19.6. The van der Waals surface area contributed by atoms with E-state index in [1.807, 2.05) is 18.2 Å². The van der Waals surface area contributed by atoms with Crippen molar-refractivity contribution in [3.8, 4) is 0 Å². The number of piperazine rings is 1. The fourth-order valence-corrected chi connectivity index (χ4v) is 4.37. The van der Waals surface area contributed by atoms with E-state index in [2.05, 4.69) is 47.2 Å². The van der Waals surface area contributed by atoms with Crippen LogP contribution >= 0.6 is 0 Å². The highest BCUT2D eigenvalue weighted by Crippen LogP contribution is 2.27. The zero-order valence-corrected chi connectivity index (χ0v) is 17.3. The Kier molecular flexibility index (Phi) is 5.67. The minimum absolute atomic E-state index is 0.0313. The summed E-state index contributed by atoms with van der Waals surface area (Å²) in [7, 11) is 0. The Morgan fingerprint density at radius 1 is 1.00 bits per heavy atom. The largest absolute Gasteiger partial charge is 0.369 e. The second-order valence-electron chi connectivity index (χ2n) is 8.10. The Balaban J connectivity index is 1.33. The van der Waals surface area contributed by atoms with Gasteiger partial charge in [0.25, 0.3) is 0 Å². The first-order chi connectivity index (χ1) is 14.0. The fraction of sp³-hybridized carbons (Fsp3) is 0.417. The molecule has 5 heteroatoms. The van der Waals surface area contributed by atoms with E-state index in [0.717, 1.165) is 49.5 Å². The Hall–Kier alpha value is -2.66. The topological polar surface area (TPSA) is 52.7 Å². The number of aryl methyl sites for hydroxylation is 1. The van der Waals surface area contributed by atoms with Crippen molar-refractivity contribution in [1.29, 1.82) is 0 Å². The molecular weight excluding hydrogens is 362 g/mol. The normalized spacial score (nSPS) is 17.0. The number of fused-ring (bicyclic) bond motifs is 1. The predicted molar refractivity (Wildman–Crippen MR) is 117 cm³/mol. The van der Waals surface area contributed by atoms with Crippen molar-refractivity contribution in [2.45, 2.75) is 33.1 Å². The summed E-state index contributed by atoms with van der Waals surface area (Å²) in [6, 6.07) is 12.1. The molecule has 1 amide bonds. The molecule has 29 heavy (non-hydrogen) atoms. The molecule has 2 aromatic rings. The summed E-state index contributed by atoms with van der Waals surface area (Å²) in [5.74, 6) is 0.207. The molecule has 1 fully saturated rings. The Morgan fingerprint density at radius 2 is 1.76 bits per heavy atom. The summed E-state index contributed by atoms with van der Waals surface area (Å²) >= 11 is 0. The second kappa shape index (κ2) is 8.37. The minimum atomic E-state index is 0.0313. The zero-order valence-electron chi connectivity index (χ0n) is 17.3. The quantitative estimate of drug-likeness (QED) is 0.792. The number of ketones is 1. The number of nitrogens with one attached hydrogen (secondary N) is 1. The van der Waals surface area contributed by atoms with E-state index in [0.29, 0.717) is 19.3 Å². The average Bonchev–Trinajstić information content (AvgIpc) is 2.74. The van der Waals surface area contributed by atoms with Crippen molar-refractivity contribution in [2.24, 2.45) is 0 Å². The maximum Gasteiger partial charge on any atom is 0.224 e. The summed E-state index contributed by atoms with van der Waals surface area (Å²) < 4.78 is 0. The second-order valence-corrected chi connectivity index (χ2v) is 8.10. The number of rotatable bonds is 5. The molecule has 0 atom stereocenters. The highest BCUT2D eigenvalue weighted by atomic mass is 16.1. The molecule has 1 saturated heterocycles. The van der Waals surface area contributed by atoms with Crippen molar-refractivity contribution in [3.05, 3.63) is 58.7 Å². The molecule has 2 aliphatic rings. The molecule has 0 spiro atoms. The van der Waals surface area contributed by atoms with Gasteiger partial charge in [0.2, 0.25) is 5.91 Å². The molecule has 0 bridgehead atoms. The van der Waals surface area contributed by atoms with E-state index in [1.165, 1.54) is 16.8 Å². The number of hydrogen-bond acceptors (Lipinski definition) is 4. The molecular formula is C24H29N3O2. The highest BCUT2D eigenvalue weighted by molar-refractivity contribution is 6.02. The van der Waals surface area contributed by atoms with Gasteiger partial charge in [0.1, 0.15) is 0 Å². The first-order valence-corrected chi connectivity index (χ1v) is 10.5. The van der Waals surface area contributed by atoms with Gasteiger partial charge in [0, 0.05) is 62.5 Å². The van der Waals surface area contributed by atoms with Crippen LogP contribution in [-0.2, 0) is 11.2 Å². The van der Waals surface area contributed by atoms with Crippen LogP contribution in [0, 0.1) is 13.8 Å². The maximum atomic E-state index is 12.9. The van der Waals surface area contributed by atoms with Gasteiger partial charge in [0.15, 0.2) is 5.78 Å². The number of anilines is 2. The Morgan fingerprint density at radius 3 is 2.55 bits per heavy atom. The van der Waals surface area contributed by atoms with E-state index in [9.17, 15) is 9.59 Å². The minimum Gasteiger partial charge on any atom is -0.369 e. The van der Waals surface area contributed by atoms with Crippen LogP contribution in [-0.4, -0.2) is 49.3 Å². The number of amides is 1. The van der Waals surface area contributed by atoms with Gasteiger partial charge in [-0.05, 0) is 49.1 Å². The van der Waals surface area contributed by atoms with Gasteiger partial charge in [-0.3, -0.25) is 14.5 Å². The van der Waals surface area contributed by atoms with Gasteiger partial charge in [-0.1, -0.05) is 24.3 Å². The van der Waals surface area contributed by atoms with Gasteiger partial charge >= 0.3 is 0 Å². The Labute approximate surface area is 172 Å². The molecule has 4 rings (SSSR count). The van der Waals surface area contributed by atoms with Crippen molar-refractivity contribution in [2.75, 3.05) is 42.9 Å². The number of benzene rings is 2. The van der Waals surface area contributed by atoms with Crippen LogP contribution in [0.5, 0.6) is 0 Å². The standard InChI is InChI=1S/C24H29N3O2/c1-17-5-3-8-22(18(17)2)27-15-13-26(14-16-27)12-11-23(28)20-6-4-7-21-19(20)9-10-24(29)25-21/h3-8H,9-16H2,1-2H3,(H,25,29). The van der Waals surface area contributed by atoms with Crippen LogP contribution in [0.15, 0.2) is 36.4 Å². The molecule has 152 valence electrons. The van der Waals surface area contributed by atoms with Crippen molar-refractivity contribution < 1.29 is 9.59 Å². The van der Waals surface area contributed by atoms with E-state index in [1.54, 1.807) is 0 Å². The molecule has 2 heterocycles. The van der Waals surface area contributed by atoms with E-state index in [4.69, 9.17) is 0 Å². The van der Waals surface area contributed by atoms with Crippen molar-refractivity contribution >= 4 is 23.1 Å². The maximum absolute atomic E-state index is 12.9. The number of carbonyl (C=O) groups excluding carboxylic acids is 2. The molecule has 0 aliphatic carbocycles. The van der Waals surface area contributed by atoms with Crippen LogP contribution in [0.25, 0.3) is 0 Å². The van der Waals surface area contributed by atoms with E-state index < -0.39 is 0 Å². The molecule has 0 unspecified atom stereocenters. The highest BCUT2D eigenvalue weighted by Gasteiger charge is 2.23. The number of Topliss-reactive ketones (excluding diaryl/α,β-unsaturated/α-hetero) is 1. The lowest BCUT2D eigenvalue weighted by Crippen LogP contribution is -2.47. The smallest absolute Gasteiger partial charge is 0.224 e. The lowest BCUT2D eigenvalue weighted by atomic mass is 9.94. The van der Waals surface area contributed by atoms with E-state index in [-0.39, 0.29) is 11.7 Å². The van der Waals surface area contributed by atoms with Crippen molar-refractivity contribution in [1.82, 2.24) is 4.90 Å². The van der Waals surface area contributed by atoms with Crippen LogP contribution in [0.1, 0.15) is 39.9 Å². The van der Waals surface area contributed by atoms with Gasteiger partial charge < -0.3 is 10.2 Å². The van der Waals surface area contributed by atoms with Crippen LogP contribution in [0.3, 0.4) is 0 Å². The lowest BCUT2D eigenvalue weighted by molar-refractivity contribution is -0.116. The summed E-state index contributed by atoms with van der Waals surface area (Å²) in [4.78, 5) is 29.3. The van der Waals surface area contributed by atoms with Gasteiger partial charge in [0.05, 0.1) is 0 Å². The van der Waals surface area contributed by atoms with E-state index >= 15 is 0 Å². The average molecular weight is 392 g/mol. The Bertz CT molecular complexity index is 930. The number of hydrogen-bond donors (Lipinski definition) is 1. The van der Waals surface area contributed by atoms with Crippen LogP contribution in [0.2, 0.25) is 0 Å². The molecule has 0 radical (unpaired) electrons. The third kappa shape index (κ3) is 4.20. The summed E-state index contributed by atoms with van der Waals surface area (Å²) in [6.45, 7) is 9.08. The molecule has 0 aromatic heterocycles. The summed E-state index contributed by atoms with van der Waals surface area (Å²) in [5, 5.41) is 2.88.